The highest BCUT2D eigenvalue weighted by molar-refractivity contribution is 5.95. The van der Waals surface area contributed by atoms with E-state index in [0.29, 0.717) is 6.21 Å². The molecular weight excluding hydrogens is 412 g/mol. The molecule has 0 unspecified atom stereocenters. The number of non-ortho nitro benzene ring substituents is 1. The van der Waals surface area contributed by atoms with Gasteiger partial charge in [-0.1, -0.05) is 6.07 Å². The number of benzene rings is 2. The summed E-state index contributed by atoms with van der Waals surface area (Å²) in [6.07, 6.45) is -10.0. The number of halogens is 6. The molecule has 0 bridgehead atoms. The standard InChI is InChI=1S/C16H9F6N3O4/c17-15(18,19)10-4-9(13(26)12(6-10)16(20,21)22)7-23-24-14(27)8-2-1-3-11(5-8)25(28)29/h1-7,26H,(H,24,27)/b23-7+. The van der Waals surface area contributed by atoms with Gasteiger partial charge in [0.2, 0.25) is 0 Å². The lowest BCUT2D eigenvalue weighted by atomic mass is 10.0. The van der Waals surface area contributed by atoms with Crippen molar-refractivity contribution in [3.05, 3.63) is 68.8 Å². The fourth-order valence-electron chi connectivity index (χ4n) is 2.12. The SMILES string of the molecule is O=C(N/N=C/c1cc(C(F)(F)F)cc(C(F)(F)F)c1O)c1cccc([N+](=O)[O-])c1. The van der Waals surface area contributed by atoms with Gasteiger partial charge in [-0.25, -0.2) is 5.43 Å². The van der Waals surface area contributed by atoms with Gasteiger partial charge in [0.05, 0.1) is 22.3 Å². The molecule has 29 heavy (non-hydrogen) atoms. The maximum absolute atomic E-state index is 12.9. The predicted octanol–water partition coefficient (Wildman–Crippen LogP) is 4.10. The van der Waals surface area contributed by atoms with E-state index in [1.807, 2.05) is 0 Å². The van der Waals surface area contributed by atoms with E-state index in [9.17, 15) is 46.4 Å². The third kappa shape index (κ3) is 5.21. The van der Waals surface area contributed by atoms with Crippen LogP contribution >= 0.6 is 0 Å². The van der Waals surface area contributed by atoms with Crippen molar-refractivity contribution in [2.45, 2.75) is 12.4 Å². The fraction of sp³-hybridized carbons (Fsp3) is 0.125. The Bertz CT molecular complexity index is 986. The number of phenolic OH excluding ortho intramolecular Hbond substituents is 1. The van der Waals surface area contributed by atoms with Crippen LogP contribution in [0.25, 0.3) is 0 Å². The number of nitro benzene ring substituents is 1. The Labute approximate surface area is 157 Å². The number of hydrogen-bond acceptors (Lipinski definition) is 5. The lowest BCUT2D eigenvalue weighted by Crippen LogP contribution is -2.18. The fourth-order valence-corrected chi connectivity index (χ4v) is 2.12. The van der Waals surface area contributed by atoms with Crippen LogP contribution in [0.15, 0.2) is 41.5 Å². The molecule has 154 valence electrons. The minimum Gasteiger partial charge on any atom is -0.507 e. The Kier molecular flexibility index (Phi) is 5.80. The third-order valence-corrected chi connectivity index (χ3v) is 3.46. The minimum atomic E-state index is -5.28. The van der Waals surface area contributed by atoms with Crippen LogP contribution in [-0.4, -0.2) is 22.2 Å². The Morgan fingerprint density at radius 3 is 2.31 bits per heavy atom. The monoisotopic (exact) mass is 421 g/mol. The molecule has 2 N–H and O–H groups in total. The molecule has 7 nitrogen and oxygen atoms in total. The largest absolute Gasteiger partial charge is 0.507 e. The van der Waals surface area contributed by atoms with Crippen molar-refractivity contribution >= 4 is 17.8 Å². The molecule has 2 aromatic rings. The second kappa shape index (κ2) is 7.77. The number of aromatic hydroxyl groups is 1. The number of nitrogens with one attached hydrogen (secondary N) is 1. The van der Waals surface area contributed by atoms with Crippen LogP contribution in [0.1, 0.15) is 27.0 Å². The molecule has 0 aliphatic carbocycles. The van der Waals surface area contributed by atoms with Gasteiger partial charge in [0.1, 0.15) is 5.75 Å². The first-order valence-corrected chi connectivity index (χ1v) is 7.40. The number of nitro groups is 1. The van der Waals surface area contributed by atoms with Gasteiger partial charge in [-0.3, -0.25) is 14.9 Å². The number of hydrogen-bond donors (Lipinski definition) is 2. The van der Waals surface area contributed by atoms with Crippen molar-refractivity contribution < 1.29 is 41.2 Å². The van der Waals surface area contributed by atoms with Gasteiger partial charge in [0, 0.05) is 23.3 Å². The zero-order valence-electron chi connectivity index (χ0n) is 13.9. The zero-order chi connectivity index (χ0) is 22.0. The molecule has 0 aromatic heterocycles. The normalized spacial score (nSPS) is 12.2. The maximum atomic E-state index is 12.9. The summed E-state index contributed by atoms with van der Waals surface area (Å²) in [4.78, 5) is 21.8. The highest BCUT2D eigenvalue weighted by Gasteiger charge is 2.39. The van der Waals surface area contributed by atoms with Crippen molar-refractivity contribution in [3.63, 3.8) is 0 Å². The van der Waals surface area contributed by atoms with E-state index in [1.165, 1.54) is 12.1 Å². The highest BCUT2D eigenvalue weighted by Crippen LogP contribution is 2.41. The molecule has 0 spiro atoms. The molecule has 0 atom stereocenters. The van der Waals surface area contributed by atoms with Crippen LogP contribution in [0.5, 0.6) is 5.75 Å². The molecule has 2 rings (SSSR count). The molecule has 0 aliphatic rings. The first kappa shape index (κ1) is 21.7. The van der Waals surface area contributed by atoms with Crippen molar-refractivity contribution in [2.24, 2.45) is 5.10 Å². The second-order valence-electron chi connectivity index (χ2n) is 5.46. The van der Waals surface area contributed by atoms with Gasteiger partial charge in [-0.15, -0.1) is 0 Å². The van der Waals surface area contributed by atoms with Crippen molar-refractivity contribution in [1.82, 2.24) is 5.43 Å². The summed E-state index contributed by atoms with van der Waals surface area (Å²) in [5, 5.41) is 23.5. The second-order valence-corrected chi connectivity index (χ2v) is 5.46. The number of carbonyl (C=O) groups excluding carboxylic acids is 1. The predicted molar refractivity (Wildman–Crippen MR) is 86.3 cm³/mol. The summed E-state index contributed by atoms with van der Waals surface area (Å²) in [5.74, 6) is -2.54. The number of phenols is 1. The summed E-state index contributed by atoms with van der Waals surface area (Å²) < 4.78 is 77.1. The Morgan fingerprint density at radius 2 is 1.76 bits per heavy atom. The van der Waals surface area contributed by atoms with E-state index in [0.717, 1.165) is 12.1 Å². The van der Waals surface area contributed by atoms with E-state index in [4.69, 9.17) is 0 Å². The first-order valence-electron chi connectivity index (χ1n) is 7.40. The molecule has 0 fully saturated rings. The van der Waals surface area contributed by atoms with Crippen molar-refractivity contribution in [2.75, 3.05) is 0 Å². The number of rotatable bonds is 4. The molecule has 13 heteroatoms. The molecular formula is C16H9F6N3O4. The van der Waals surface area contributed by atoms with Crippen LogP contribution < -0.4 is 5.43 Å². The van der Waals surface area contributed by atoms with Gasteiger partial charge < -0.3 is 5.11 Å². The number of amides is 1. The lowest BCUT2D eigenvalue weighted by molar-refractivity contribution is -0.384. The van der Waals surface area contributed by atoms with Crippen LogP contribution in [0.2, 0.25) is 0 Å². The van der Waals surface area contributed by atoms with Crippen LogP contribution in [0, 0.1) is 10.1 Å². The van der Waals surface area contributed by atoms with Crippen molar-refractivity contribution in [3.8, 4) is 5.75 Å². The van der Waals surface area contributed by atoms with Gasteiger partial charge in [-0.2, -0.15) is 31.4 Å². The minimum absolute atomic E-state index is 0.216. The van der Waals surface area contributed by atoms with Crippen molar-refractivity contribution in [1.29, 1.82) is 0 Å². The Balaban J connectivity index is 2.33. The summed E-state index contributed by atoms with van der Waals surface area (Å²) in [6, 6.07) is 4.29. The molecule has 0 heterocycles. The van der Waals surface area contributed by atoms with Gasteiger partial charge in [0.25, 0.3) is 11.6 Å². The number of nitrogens with zero attached hydrogens (tertiary/aromatic N) is 2. The van der Waals surface area contributed by atoms with E-state index in [-0.39, 0.29) is 17.7 Å². The van der Waals surface area contributed by atoms with E-state index < -0.39 is 51.3 Å². The first-order chi connectivity index (χ1) is 13.3. The third-order valence-electron chi connectivity index (χ3n) is 3.46. The number of hydrazone groups is 1. The van der Waals surface area contributed by atoms with Crippen LogP contribution in [0.4, 0.5) is 32.0 Å². The van der Waals surface area contributed by atoms with E-state index >= 15 is 0 Å². The topological polar surface area (TPSA) is 105 Å². The lowest BCUT2D eigenvalue weighted by Gasteiger charge is -2.15. The van der Waals surface area contributed by atoms with E-state index in [1.54, 1.807) is 5.43 Å². The number of alkyl halides is 6. The summed E-state index contributed by atoms with van der Waals surface area (Å²) in [7, 11) is 0. The van der Waals surface area contributed by atoms with Gasteiger partial charge in [-0.05, 0) is 18.2 Å². The highest BCUT2D eigenvalue weighted by atomic mass is 19.4. The Hall–Kier alpha value is -3.64. The molecule has 0 radical (unpaired) electrons. The van der Waals surface area contributed by atoms with Gasteiger partial charge in [0.15, 0.2) is 0 Å². The molecule has 0 saturated carbocycles. The molecule has 2 aromatic carbocycles. The summed E-state index contributed by atoms with van der Waals surface area (Å²) in [6.45, 7) is 0. The number of carbonyl (C=O) groups is 1. The average Bonchev–Trinajstić information content (AvgIpc) is 2.61. The maximum Gasteiger partial charge on any atom is 0.419 e. The van der Waals surface area contributed by atoms with E-state index in [2.05, 4.69) is 5.10 Å². The molecule has 0 saturated heterocycles. The van der Waals surface area contributed by atoms with Crippen LogP contribution in [-0.2, 0) is 12.4 Å². The average molecular weight is 421 g/mol. The smallest absolute Gasteiger partial charge is 0.419 e. The Morgan fingerprint density at radius 1 is 1.10 bits per heavy atom. The molecule has 1 amide bonds. The summed E-state index contributed by atoms with van der Waals surface area (Å²) >= 11 is 0. The summed E-state index contributed by atoms with van der Waals surface area (Å²) in [5.41, 5.74) is -3.44. The van der Waals surface area contributed by atoms with Gasteiger partial charge >= 0.3 is 12.4 Å². The quantitative estimate of drug-likeness (QED) is 0.336. The van der Waals surface area contributed by atoms with Crippen LogP contribution in [0.3, 0.4) is 0 Å². The molecule has 0 aliphatic heterocycles. The zero-order valence-corrected chi connectivity index (χ0v) is 13.9.